The minimum atomic E-state index is -4.14. The predicted molar refractivity (Wildman–Crippen MR) is 114 cm³/mol. The first-order valence-corrected chi connectivity index (χ1v) is 10.5. The Morgan fingerprint density at radius 2 is 1.94 bits per heavy atom. The van der Waals surface area contributed by atoms with Crippen molar-refractivity contribution >= 4 is 44.4 Å². The Kier molecular flexibility index (Phi) is 5.34. The fourth-order valence-electron chi connectivity index (χ4n) is 2.85. The topological polar surface area (TPSA) is 113 Å². The van der Waals surface area contributed by atoms with Crippen LogP contribution in [-0.4, -0.2) is 35.4 Å². The van der Waals surface area contributed by atoms with Gasteiger partial charge >= 0.3 is 0 Å². The normalized spacial score (nSPS) is 11.8. The quantitative estimate of drug-likeness (QED) is 0.389. The SMILES string of the molecule is CNc1nc(Nc2ccc3[nH]cnc3c2)ncc1/C=C/S(=O)(=O)c1ccc(F)cc1F. The van der Waals surface area contributed by atoms with E-state index in [1.807, 2.05) is 18.2 Å². The van der Waals surface area contributed by atoms with Crippen molar-refractivity contribution in [3.05, 3.63) is 71.5 Å². The monoisotopic (exact) mass is 442 g/mol. The zero-order valence-corrected chi connectivity index (χ0v) is 16.9. The Bertz CT molecular complexity index is 1400. The number of aromatic amines is 1. The van der Waals surface area contributed by atoms with Crippen molar-refractivity contribution < 1.29 is 17.2 Å². The van der Waals surface area contributed by atoms with Gasteiger partial charge in [-0.2, -0.15) is 4.98 Å². The molecule has 3 N–H and O–H groups in total. The Labute approximate surface area is 176 Å². The second-order valence-electron chi connectivity index (χ2n) is 6.43. The lowest BCUT2D eigenvalue weighted by Crippen LogP contribution is -2.03. The van der Waals surface area contributed by atoms with Crippen molar-refractivity contribution in [3.8, 4) is 0 Å². The highest BCUT2D eigenvalue weighted by molar-refractivity contribution is 7.94. The van der Waals surface area contributed by atoms with Crippen LogP contribution in [0.4, 0.5) is 26.2 Å². The molecule has 0 fully saturated rings. The Balaban J connectivity index is 1.59. The molecule has 8 nitrogen and oxygen atoms in total. The predicted octanol–water partition coefficient (Wildman–Crippen LogP) is 3.86. The van der Waals surface area contributed by atoms with E-state index in [0.717, 1.165) is 34.3 Å². The van der Waals surface area contributed by atoms with Crippen LogP contribution < -0.4 is 10.6 Å². The largest absolute Gasteiger partial charge is 0.372 e. The molecule has 4 aromatic rings. The van der Waals surface area contributed by atoms with E-state index in [1.165, 1.54) is 12.3 Å². The molecular formula is C20H16F2N6O2S. The van der Waals surface area contributed by atoms with Crippen LogP contribution in [0.3, 0.4) is 0 Å². The third kappa shape index (κ3) is 4.36. The number of fused-ring (bicyclic) bond motifs is 1. The lowest BCUT2D eigenvalue weighted by molar-refractivity contribution is 0.552. The second-order valence-corrected chi connectivity index (χ2v) is 8.23. The maximum absolute atomic E-state index is 13.8. The number of nitrogens with one attached hydrogen (secondary N) is 3. The van der Waals surface area contributed by atoms with Gasteiger partial charge in [-0.05, 0) is 36.4 Å². The van der Waals surface area contributed by atoms with E-state index in [4.69, 9.17) is 0 Å². The summed E-state index contributed by atoms with van der Waals surface area (Å²) in [5.74, 6) is -1.39. The molecule has 0 aliphatic rings. The molecule has 0 bridgehead atoms. The first kappa shape index (κ1) is 20.4. The molecule has 2 aromatic carbocycles. The molecular weight excluding hydrogens is 426 g/mol. The van der Waals surface area contributed by atoms with Gasteiger partial charge in [-0.25, -0.2) is 27.2 Å². The number of halogens is 2. The third-order valence-corrected chi connectivity index (χ3v) is 5.80. The summed E-state index contributed by atoms with van der Waals surface area (Å²) < 4.78 is 51.7. The number of H-pyrrole nitrogens is 1. The zero-order chi connectivity index (χ0) is 22.0. The summed E-state index contributed by atoms with van der Waals surface area (Å²) in [6, 6.07) is 7.80. The number of aromatic nitrogens is 4. The van der Waals surface area contributed by atoms with E-state index in [2.05, 4.69) is 30.6 Å². The number of imidazole rings is 1. The van der Waals surface area contributed by atoms with Crippen LogP contribution in [0.15, 0.2) is 59.2 Å². The molecule has 0 radical (unpaired) electrons. The molecule has 2 aromatic heterocycles. The molecule has 158 valence electrons. The van der Waals surface area contributed by atoms with Crippen LogP contribution in [0.25, 0.3) is 17.1 Å². The van der Waals surface area contributed by atoms with Gasteiger partial charge in [0.15, 0.2) is 0 Å². The maximum atomic E-state index is 13.8. The standard InChI is InChI=1S/C20H16F2N6O2S/c1-23-19-12(6-7-31(29,30)18-5-2-13(21)8-15(18)22)10-24-20(28-19)27-14-3-4-16-17(9-14)26-11-25-16/h2-11H,1H3,(H,25,26)(H2,23,24,27,28)/b7-6+. The molecule has 0 spiro atoms. The summed E-state index contributed by atoms with van der Waals surface area (Å²) in [6.45, 7) is 0. The van der Waals surface area contributed by atoms with Crippen LogP contribution in [0.5, 0.6) is 0 Å². The molecule has 0 saturated carbocycles. The average Bonchev–Trinajstić information content (AvgIpc) is 3.20. The van der Waals surface area contributed by atoms with Crippen LogP contribution in [0, 0.1) is 11.6 Å². The van der Waals surface area contributed by atoms with Crippen LogP contribution >= 0.6 is 0 Å². The van der Waals surface area contributed by atoms with E-state index >= 15 is 0 Å². The lowest BCUT2D eigenvalue weighted by Gasteiger charge is -2.09. The number of sulfone groups is 1. The van der Waals surface area contributed by atoms with Gasteiger partial charge in [-0.15, -0.1) is 0 Å². The summed E-state index contributed by atoms with van der Waals surface area (Å²) >= 11 is 0. The Morgan fingerprint density at radius 3 is 2.71 bits per heavy atom. The van der Waals surface area contributed by atoms with Gasteiger partial charge in [0.25, 0.3) is 0 Å². The average molecular weight is 442 g/mol. The van der Waals surface area contributed by atoms with Crippen molar-refractivity contribution in [1.82, 2.24) is 19.9 Å². The smallest absolute Gasteiger partial charge is 0.229 e. The minimum Gasteiger partial charge on any atom is -0.372 e. The van der Waals surface area contributed by atoms with Gasteiger partial charge in [-0.3, -0.25) is 0 Å². The molecule has 0 amide bonds. The molecule has 0 atom stereocenters. The fraction of sp³-hybridized carbons (Fsp3) is 0.0500. The first-order valence-electron chi connectivity index (χ1n) is 8.99. The first-order chi connectivity index (χ1) is 14.9. The van der Waals surface area contributed by atoms with Crippen molar-refractivity contribution in [3.63, 3.8) is 0 Å². The third-order valence-electron chi connectivity index (χ3n) is 4.36. The fourth-order valence-corrected chi connectivity index (χ4v) is 3.92. The van der Waals surface area contributed by atoms with Gasteiger partial charge in [-0.1, -0.05) is 0 Å². The number of rotatable bonds is 6. The van der Waals surface area contributed by atoms with Gasteiger partial charge < -0.3 is 15.6 Å². The number of anilines is 3. The number of hydrogen-bond donors (Lipinski definition) is 3. The highest BCUT2D eigenvalue weighted by Crippen LogP contribution is 2.23. The number of hydrogen-bond acceptors (Lipinski definition) is 7. The molecule has 0 aliphatic heterocycles. The molecule has 2 heterocycles. The maximum Gasteiger partial charge on any atom is 0.229 e. The van der Waals surface area contributed by atoms with E-state index in [1.54, 1.807) is 13.4 Å². The summed E-state index contributed by atoms with van der Waals surface area (Å²) in [5, 5.41) is 6.74. The van der Waals surface area contributed by atoms with Crippen molar-refractivity contribution in [2.24, 2.45) is 0 Å². The van der Waals surface area contributed by atoms with Crippen LogP contribution in [0.1, 0.15) is 5.56 Å². The van der Waals surface area contributed by atoms with Gasteiger partial charge in [0.1, 0.15) is 22.3 Å². The summed E-state index contributed by atoms with van der Waals surface area (Å²) in [7, 11) is -2.52. The molecule has 4 rings (SSSR count). The van der Waals surface area contributed by atoms with Gasteiger partial charge in [0.2, 0.25) is 15.8 Å². The van der Waals surface area contributed by atoms with Crippen LogP contribution in [-0.2, 0) is 9.84 Å². The minimum absolute atomic E-state index is 0.281. The number of benzene rings is 2. The summed E-state index contributed by atoms with van der Waals surface area (Å²) in [4.78, 5) is 15.1. The van der Waals surface area contributed by atoms with E-state index < -0.39 is 26.4 Å². The Hall–Kier alpha value is -3.86. The van der Waals surface area contributed by atoms with E-state index in [-0.39, 0.29) is 5.95 Å². The summed E-state index contributed by atoms with van der Waals surface area (Å²) in [6.07, 6.45) is 4.25. The molecule has 11 heteroatoms. The summed E-state index contributed by atoms with van der Waals surface area (Å²) in [5.41, 5.74) is 2.75. The molecule has 0 saturated heterocycles. The van der Waals surface area contributed by atoms with Crippen molar-refractivity contribution in [1.29, 1.82) is 0 Å². The van der Waals surface area contributed by atoms with Crippen molar-refractivity contribution in [2.75, 3.05) is 17.7 Å². The Morgan fingerprint density at radius 1 is 1.10 bits per heavy atom. The second kappa shape index (κ2) is 8.11. The zero-order valence-electron chi connectivity index (χ0n) is 16.1. The molecule has 0 unspecified atom stereocenters. The molecule has 31 heavy (non-hydrogen) atoms. The lowest BCUT2D eigenvalue weighted by atomic mass is 10.3. The van der Waals surface area contributed by atoms with E-state index in [9.17, 15) is 17.2 Å². The van der Waals surface area contributed by atoms with Crippen molar-refractivity contribution in [2.45, 2.75) is 4.90 Å². The number of nitrogens with zero attached hydrogens (tertiary/aromatic N) is 3. The van der Waals surface area contributed by atoms with Gasteiger partial charge in [0.05, 0.1) is 17.4 Å². The van der Waals surface area contributed by atoms with Gasteiger partial charge in [0, 0.05) is 36.0 Å². The highest BCUT2D eigenvalue weighted by Gasteiger charge is 2.17. The highest BCUT2D eigenvalue weighted by atomic mass is 32.2. The van der Waals surface area contributed by atoms with Crippen LogP contribution in [0.2, 0.25) is 0 Å². The molecule has 0 aliphatic carbocycles. The van der Waals surface area contributed by atoms with E-state index in [0.29, 0.717) is 17.4 Å².